The molecule has 0 aliphatic heterocycles. The summed E-state index contributed by atoms with van der Waals surface area (Å²) in [6.45, 7) is 6.29. The number of carbonyl (C=O) groups excluding carboxylic acids is 1. The quantitative estimate of drug-likeness (QED) is 0.877. The SMILES string of the molecule is CCc1cccc(NC(=O)c2cc(CC)c(C)s2)c1. The van der Waals surface area contributed by atoms with E-state index < -0.39 is 0 Å². The number of hydrogen-bond donors (Lipinski definition) is 1. The van der Waals surface area contributed by atoms with Crippen molar-refractivity contribution in [1.82, 2.24) is 0 Å². The number of anilines is 1. The minimum absolute atomic E-state index is 0.0129. The molecule has 2 nitrogen and oxygen atoms in total. The molecule has 0 saturated heterocycles. The molecule has 3 heteroatoms. The van der Waals surface area contributed by atoms with Crippen LogP contribution in [0.25, 0.3) is 0 Å². The van der Waals surface area contributed by atoms with E-state index in [0.29, 0.717) is 0 Å². The number of hydrogen-bond acceptors (Lipinski definition) is 2. The lowest BCUT2D eigenvalue weighted by Crippen LogP contribution is -2.10. The standard InChI is InChI=1S/C16H19NOS/c1-4-12-7-6-8-14(9-12)17-16(18)15-10-13(5-2)11(3)19-15/h6-10H,4-5H2,1-3H3,(H,17,18). The van der Waals surface area contributed by atoms with Crippen LogP contribution in [0.1, 0.15) is 39.5 Å². The molecule has 0 spiro atoms. The Morgan fingerprint density at radius 2 is 2.00 bits per heavy atom. The van der Waals surface area contributed by atoms with E-state index in [1.165, 1.54) is 16.0 Å². The molecular formula is C16H19NOS. The first kappa shape index (κ1) is 13.8. The van der Waals surface area contributed by atoms with Crippen molar-refractivity contribution >= 4 is 22.9 Å². The summed E-state index contributed by atoms with van der Waals surface area (Å²) < 4.78 is 0. The molecular weight excluding hydrogens is 254 g/mol. The molecule has 1 heterocycles. The average molecular weight is 273 g/mol. The highest BCUT2D eigenvalue weighted by molar-refractivity contribution is 7.14. The van der Waals surface area contributed by atoms with Crippen molar-refractivity contribution in [1.29, 1.82) is 0 Å². The topological polar surface area (TPSA) is 29.1 Å². The Morgan fingerprint density at radius 1 is 1.21 bits per heavy atom. The summed E-state index contributed by atoms with van der Waals surface area (Å²) in [7, 11) is 0. The number of nitrogens with one attached hydrogen (secondary N) is 1. The van der Waals surface area contributed by atoms with Crippen LogP contribution in [-0.4, -0.2) is 5.91 Å². The van der Waals surface area contributed by atoms with Gasteiger partial charge in [-0.1, -0.05) is 26.0 Å². The molecule has 0 aliphatic rings. The Bertz CT molecular complexity index is 586. The lowest BCUT2D eigenvalue weighted by atomic mass is 10.1. The van der Waals surface area contributed by atoms with Crippen molar-refractivity contribution in [2.24, 2.45) is 0 Å². The van der Waals surface area contributed by atoms with Crippen molar-refractivity contribution in [3.63, 3.8) is 0 Å². The van der Waals surface area contributed by atoms with Crippen LogP contribution in [0, 0.1) is 6.92 Å². The second-order valence-electron chi connectivity index (χ2n) is 4.55. The van der Waals surface area contributed by atoms with Crippen molar-refractivity contribution in [2.45, 2.75) is 33.6 Å². The van der Waals surface area contributed by atoms with E-state index in [2.05, 4.69) is 32.2 Å². The van der Waals surface area contributed by atoms with E-state index in [9.17, 15) is 4.79 Å². The van der Waals surface area contributed by atoms with Gasteiger partial charge in [0.25, 0.3) is 5.91 Å². The smallest absolute Gasteiger partial charge is 0.265 e. The van der Waals surface area contributed by atoms with Gasteiger partial charge in [-0.15, -0.1) is 11.3 Å². The van der Waals surface area contributed by atoms with Crippen LogP contribution in [0.5, 0.6) is 0 Å². The van der Waals surface area contributed by atoms with Gasteiger partial charge in [-0.3, -0.25) is 4.79 Å². The third-order valence-electron chi connectivity index (χ3n) is 3.22. The zero-order chi connectivity index (χ0) is 13.8. The van der Waals surface area contributed by atoms with Crippen LogP contribution in [0.15, 0.2) is 30.3 Å². The molecule has 0 bridgehead atoms. The maximum Gasteiger partial charge on any atom is 0.265 e. The van der Waals surface area contributed by atoms with Gasteiger partial charge in [-0.2, -0.15) is 0 Å². The number of aryl methyl sites for hydroxylation is 3. The summed E-state index contributed by atoms with van der Waals surface area (Å²) in [5.74, 6) is -0.0129. The monoisotopic (exact) mass is 273 g/mol. The third kappa shape index (κ3) is 3.24. The molecule has 2 rings (SSSR count). The normalized spacial score (nSPS) is 10.5. The Kier molecular flexibility index (Phi) is 4.38. The lowest BCUT2D eigenvalue weighted by molar-refractivity contribution is 0.103. The molecule has 0 unspecified atom stereocenters. The van der Waals surface area contributed by atoms with Crippen LogP contribution in [0.2, 0.25) is 0 Å². The third-order valence-corrected chi connectivity index (χ3v) is 4.31. The van der Waals surface area contributed by atoms with E-state index in [0.717, 1.165) is 23.4 Å². The molecule has 2 aromatic rings. The predicted octanol–water partition coefficient (Wildman–Crippen LogP) is 4.43. The summed E-state index contributed by atoms with van der Waals surface area (Å²) in [6.07, 6.45) is 1.95. The van der Waals surface area contributed by atoms with Crippen molar-refractivity contribution in [3.05, 3.63) is 51.2 Å². The molecule has 0 radical (unpaired) electrons. The molecule has 0 saturated carbocycles. The number of rotatable bonds is 4. The Balaban J connectivity index is 2.15. The molecule has 1 amide bonds. The highest BCUT2D eigenvalue weighted by atomic mass is 32.1. The van der Waals surface area contributed by atoms with E-state index in [4.69, 9.17) is 0 Å². The number of carbonyl (C=O) groups is 1. The van der Waals surface area contributed by atoms with Crippen LogP contribution < -0.4 is 5.32 Å². The first-order valence-electron chi connectivity index (χ1n) is 6.63. The summed E-state index contributed by atoms with van der Waals surface area (Å²) >= 11 is 1.56. The highest BCUT2D eigenvalue weighted by Gasteiger charge is 2.11. The lowest BCUT2D eigenvalue weighted by Gasteiger charge is -2.05. The zero-order valence-corrected chi connectivity index (χ0v) is 12.4. The van der Waals surface area contributed by atoms with Crippen LogP contribution in [0.4, 0.5) is 5.69 Å². The number of thiophene rings is 1. The molecule has 1 aromatic carbocycles. The van der Waals surface area contributed by atoms with E-state index >= 15 is 0 Å². The van der Waals surface area contributed by atoms with Gasteiger partial charge in [0.2, 0.25) is 0 Å². The average Bonchev–Trinajstić information content (AvgIpc) is 2.80. The first-order chi connectivity index (χ1) is 9.13. The molecule has 0 atom stereocenters. The molecule has 1 aromatic heterocycles. The summed E-state index contributed by atoms with van der Waals surface area (Å²) in [6, 6.07) is 10.0. The maximum atomic E-state index is 12.2. The molecule has 0 aliphatic carbocycles. The highest BCUT2D eigenvalue weighted by Crippen LogP contribution is 2.23. The van der Waals surface area contributed by atoms with Gasteiger partial charge < -0.3 is 5.32 Å². The van der Waals surface area contributed by atoms with Gasteiger partial charge in [0, 0.05) is 10.6 Å². The number of amides is 1. The van der Waals surface area contributed by atoms with Crippen LogP contribution in [0.3, 0.4) is 0 Å². The minimum atomic E-state index is -0.0129. The van der Waals surface area contributed by atoms with Gasteiger partial charge in [-0.05, 0) is 49.1 Å². The van der Waals surface area contributed by atoms with Crippen LogP contribution in [-0.2, 0) is 12.8 Å². The van der Waals surface area contributed by atoms with Gasteiger partial charge in [0.1, 0.15) is 0 Å². The molecule has 1 N–H and O–H groups in total. The fraction of sp³-hybridized carbons (Fsp3) is 0.312. The van der Waals surface area contributed by atoms with Gasteiger partial charge in [0.05, 0.1) is 4.88 Å². The first-order valence-corrected chi connectivity index (χ1v) is 7.45. The number of benzene rings is 1. The van der Waals surface area contributed by atoms with Crippen molar-refractivity contribution in [3.8, 4) is 0 Å². The van der Waals surface area contributed by atoms with E-state index in [1.54, 1.807) is 11.3 Å². The Labute approximate surface area is 118 Å². The van der Waals surface area contributed by atoms with Crippen molar-refractivity contribution in [2.75, 3.05) is 5.32 Å². The van der Waals surface area contributed by atoms with Gasteiger partial charge in [0.15, 0.2) is 0 Å². The second-order valence-corrected chi connectivity index (χ2v) is 5.81. The van der Waals surface area contributed by atoms with E-state index in [1.807, 2.05) is 24.3 Å². The zero-order valence-electron chi connectivity index (χ0n) is 11.6. The fourth-order valence-corrected chi connectivity index (χ4v) is 3.05. The van der Waals surface area contributed by atoms with E-state index in [-0.39, 0.29) is 5.91 Å². The molecule has 0 fully saturated rings. The summed E-state index contributed by atoms with van der Waals surface area (Å²) in [4.78, 5) is 14.2. The van der Waals surface area contributed by atoms with Crippen LogP contribution >= 0.6 is 11.3 Å². The largest absolute Gasteiger partial charge is 0.321 e. The Morgan fingerprint density at radius 3 is 2.63 bits per heavy atom. The predicted molar refractivity (Wildman–Crippen MR) is 82.2 cm³/mol. The summed E-state index contributed by atoms with van der Waals surface area (Å²) in [5.41, 5.74) is 3.36. The minimum Gasteiger partial charge on any atom is -0.321 e. The van der Waals surface area contributed by atoms with Crippen molar-refractivity contribution < 1.29 is 4.79 Å². The molecule has 100 valence electrons. The second kappa shape index (κ2) is 6.02. The summed E-state index contributed by atoms with van der Waals surface area (Å²) in [5, 5.41) is 2.97. The molecule has 19 heavy (non-hydrogen) atoms. The fourth-order valence-electron chi connectivity index (χ4n) is 2.04. The van der Waals surface area contributed by atoms with Gasteiger partial charge >= 0.3 is 0 Å². The Hall–Kier alpha value is -1.61. The maximum absolute atomic E-state index is 12.2. The van der Waals surface area contributed by atoms with Gasteiger partial charge in [-0.25, -0.2) is 0 Å².